The zero-order valence-corrected chi connectivity index (χ0v) is 44.9. The lowest BCUT2D eigenvalue weighted by Gasteiger charge is -2.41. The third kappa shape index (κ3) is 15.1. The van der Waals surface area contributed by atoms with Gasteiger partial charge >= 0.3 is 30.7 Å². The van der Waals surface area contributed by atoms with E-state index in [9.17, 15) is 62.3 Å². The molecule has 0 N–H and O–H groups in total. The van der Waals surface area contributed by atoms with Crippen molar-refractivity contribution in [3.05, 3.63) is 57.6 Å². The first-order valence-electron chi connectivity index (χ1n) is 25.3. The Morgan fingerprint density at radius 3 is 1.33 bits per heavy atom. The molecule has 2 spiro atoms. The van der Waals surface area contributed by atoms with Gasteiger partial charge in [-0.2, -0.15) is 39.5 Å². The van der Waals surface area contributed by atoms with Crippen LogP contribution >= 0.6 is 23.2 Å². The minimum atomic E-state index is -5.76. The average molecular weight is 1150 g/mol. The Bertz CT molecular complexity index is 2470. The Morgan fingerprint density at radius 2 is 0.961 bits per heavy atom. The van der Waals surface area contributed by atoms with Gasteiger partial charge in [0.15, 0.2) is 6.10 Å². The lowest BCUT2D eigenvalue weighted by Crippen LogP contribution is -2.52. The van der Waals surface area contributed by atoms with Crippen molar-refractivity contribution in [2.45, 2.75) is 96.2 Å². The number of sulfonamides is 1. The number of amides is 3. The van der Waals surface area contributed by atoms with Gasteiger partial charge in [-0.3, -0.25) is 14.6 Å². The molecule has 0 radical (unpaired) electrons. The summed E-state index contributed by atoms with van der Waals surface area (Å²) in [6, 6.07) is 11.4. The highest BCUT2D eigenvalue weighted by atomic mass is 35.5. The van der Waals surface area contributed by atoms with Crippen molar-refractivity contribution in [2.75, 3.05) is 121 Å². The number of piperazine rings is 2. The third-order valence-corrected chi connectivity index (χ3v) is 17.5. The monoisotopic (exact) mass is 1150 g/mol. The predicted octanol–water partition coefficient (Wildman–Crippen LogP) is 8.72. The molecule has 6 aliphatic rings. The maximum absolute atomic E-state index is 12.8. The number of ether oxygens (including phenoxy) is 2. The molecule has 0 saturated carbocycles. The van der Waals surface area contributed by atoms with Gasteiger partial charge in [-0.1, -0.05) is 35.3 Å². The maximum atomic E-state index is 12.8. The van der Waals surface area contributed by atoms with Crippen LogP contribution in [0.15, 0.2) is 36.4 Å². The van der Waals surface area contributed by atoms with Gasteiger partial charge < -0.3 is 34.0 Å². The van der Waals surface area contributed by atoms with Crippen LogP contribution < -0.4 is 9.80 Å². The first kappa shape index (κ1) is 59.5. The molecule has 27 heteroatoms. The standard InChI is InChI=1S/C25H34ClF3N4O3.C24H31ClF6N4O4S/c1-18(25(27,28)29)36-23(35)32-13-11-30(12-14-32)16-20-3-4-21(26)15-22(20)31-8-5-24(6-9-31)7-10-33(17-24)19(2)34;1-40(37,38)35-9-6-22(16-35)4-7-33(8-5-22)19-14-18(25)3-2-17(19)15-32-10-12-34(13-11-32)21(36)39-20(23(26,27)28)24(29,30)31/h3-4,15,18H,5-14,16-17H2,1-2H3;2-3,14,20H,4-13,15-16H2,1H3. The van der Waals surface area contributed by atoms with E-state index in [-0.39, 0.29) is 42.9 Å². The zero-order chi connectivity index (χ0) is 55.6. The quantitative estimate of drug-likeness (QED) is 0.224. The van der Waals surface area contributed by atoms with Crippen molar-refractivity contribution in [1.82, 2.24) is 28.8 Å². The van der Waals surface area contributed by atoms with Gasteiger partial charge in [0.1, 0.15) is 0 Å². The van der Waals surface area contributed by atoms with E-state index in [4.69, 9.17) is 23.2 Å². The lowest BCUT2D eigenvalue weighted by molar-refractivity contribution is -0.308. The molecule has 8 rings (SSSR count). The summed E-state index contributed by atoms with van der Waals surface area (Å²) in [5.41, 5.74) is 4.24. The number of anilines is 2. The zero-order valence-electron chi connectivity index (χ0n) is 42.6. The van der Waals surface area contributed by atoms with Gasteiger partial charge in [0.25, 0.3) is 6.10 Å². The molecule has 76 heavy (non-hydrogen) atoms. The average Bonchev–Trinajstić information content (AvgIpc) is 3.97. The molecule has 2 aromatic carbocycles. The molecule has 0 bridgehead atoms. The number of nitrogens with zero attached hydrogens (tertiary/aromatic N) is 8. The number of piperidine rings is 2. The summed E-state index contributed by atoms with van der Waals surface area (Å²) in [5, 5.41) is 1.21. The Balaban J connectivity index is 0.000000222. The fraction of sp³-hybridized carbons (Fsp3) is 0.694. The fourth-order valence-electron chi connectivity index (χ4n) is 11.0. The molecular weight excluding hydrogens is 1090 g/mol. The molecule has 3 amide bonds. The summed E-state index contributed by atoms with van der Waals surface area (Å²) in [6.07, 6.45) is -18.2. The van der Waals surface area contributed by atoms with Gasteiger partial charge in [0.2, 0.25) is 15.9 Å². The summed E-state index contributed by atoms with van der Waals surface area (Å²) in [5.74, 6) is 0.148. The number of halogens is 11. The first-order chi connectivity index (χ1) is 35.4. The lowest BCUT2D eigenvalue weighted by atomic mass is 9.77. The normalized spacial score (nSPS) is 21.5. The molecule has 6 fully saturated rings. The van der Waals surface area contributed by atoms with E-state index in [1.54, 1.807) is 13.0 Å². The highest BCUT2D eigenvalue weighted by molar-refractivity contribution is 7.88. The van der Waals surface area contributed by atoms with Crippen LogP contribution in [0, 0.1) is 10.8 Å². The van der Waals surface area contributed by atoms with Gasteiger partial charge in [0.05, 0.1) is 6.26 Å². The van der Waals surface area contributed by atoms with Gasteiger partial charge in [-0.15, -0.1) is 0 Å². The maximum Gasteiger partial charge on any atom is 0.434 e. The van der Waals surface area contributed by atoms with Crippen LogP contribution in [0.5, 0.6) is 0 Å². The molecule has 1 unspecified atom stereocenters. The second-order valence-corrected chi connectivity index (χ2v) is 23.9. The van der Waals surface area contributed by atoms with E-state index in [1.807, 2.05) is 40.1 Å². The van der Waals surface area contributed by atoms with E-state index in [0.29, 0.717) is 75.5 Å². The summed E-state index contributed by atoms with van der Waals surface area (Å²) in [6.45, 7) is 11.5. The van der Waals surface area contributed by atoms with E-state index >= 15 is 0 Å². The number of alkyl halides is 9. The largest absolute Gasteiger partial charge is 0.437 e. The van der Waals surface area contributed by atoms with E-state index in [1.165, 1.54) is 15.5 Å². The summed E-state index contributed by atoms with van der Waals surface area (Å²) in [7, 11) is -3.24. The SMILES string of the molecule is CC(=O)N1CCC2(CCN(c3cc(Cl)ccc3CN3CCN(C(=O)OC(C)C(F)(F)F)CC3)CC2)C1.CS(=O)(=O)N1CCC2(CCN(c3cc(Cl)ccc3CN3CCN(C(=O)OC(C(F)(F)F)C(F)(F)F)CC3)CC2)C1. The van der Waals surface area contributed by atoms with Crippen molar-refractivity contribution >= 4 is 62.7 Å². The van der Waals surface area contributed by atoms with Crippen molar-refractivity contribution in [3.8, 4) is 0 Å². The van der Waals surface area contributed by atoms with Gasteiger partial charge in [-0.05, 0) is 91.7 Å². The van der Waals surface area contributed by atoms with Crippen LogP contribution in [0.25, 0.3) is 0 Å². The van der Waals surface area contributed by atoms with Crippen molar-refractivity contribution in [1.29, 1.82) is 0 Å². The molecule has 0 aliphatic carbocycles. The Morgan fingerprint density at radius 1 is 0.566 bits per heavy atom. The number of benzene rings is 2. The molecule has 15 nitrogen and oxygen atoms in total. The molecule has 426 valence electrons. The van der Waals surface area contributed by atoms with Crippen LogP contribution in [-0.4, -0.2) is 197 Å². The van der Waals surface area contributed by atoms with Gasteiger partial charge in [0, 0.05) is 146 Å². The van der Waals surface area contributed by atoms with Crippen molar-refractivity contribution < 1.29 is 71.8 Å². The van der Waals surface area contributed by atoms with E-state index in [2.05, 4.69) is 24.2 Å². The number of rotatable bonds is 9. The van der Waals surface area contributed by atoms with E-state index < -0.39 is 52.9 Å². The predicted molar refractivity (Wildman–Crippen MR) is 267 cm³/mol. The first-order valence-corrected chi connectivity index (χ1v) is 27.9. The van der Waals surface area contributed by atoms with Crippen LogP contribution in [0.3, 0.4) is 0 Å². The number of carbonyl (C=O) groups excluding carboxylic acids is 3. The Labute approximate surface area is 447 Å². The van der Waals surface area contributed by atoms with Gasteiger partial charge in [-0.25, -0.2) is 22.3 Å². The summed E-state index contributed by atoms with van der Waals surface area (Å²) in [4.78, 5) is 48.8. The van der Waals surface area contributed by atoms with Crippen LogP contribution in [0.2, 0.25) is 10.0 Å². The highest BCUT2D eigenvalue weighted by Gasteiger charge is 2.60. The molecule has 6 heterocycles. The smallest absolute Gasteiger partial charge is 0.434 e. The summed E-state index contributed by atoms with van der Waals surface area (Å²) < 4.78 is 149. The molecule has 1 atom stereocenters. The Hall–Kier alpha value is -4.17. The second kappa shape index (κ2) is 23.7. The molecule has 2 aromatic rings. The summed E-state index contributed by atoms with van der Waals surface area (Å²) >= 11 is 12.7. The van der Waals surface area contributed by atoms with Crippen LogP contribution in [-0.2, 0) is 37.4 Å². The number of carbonyl (C=O) groups is 3. The molecular formula is C49H65Cl2F9N8O7S. The number of likely N-dealkylation sites (tertiary alicyclic amines) is 1. The molecule has 6 aliphatic heterocycles. The number of hydrogen-bond acceptors (Lipinski definition) is 11. The second-order valence-electron chi connectivity index (χ2n) is 21.0. The fourth-order valence-corrected chi connectivity index (χ4v) is 12.3. The van der Waals surface area contributed by atoms with Crippen LogP contribution in [0.1, 0.15) is 63.5 Å². The van der Waals surface area contributed by atoms with Crippen molar-refractivity contribution in [2.24, 2.45) is 10.8 Å². The van der Waals surface area contributed by atoms with Crippen LogP contribution in [0.4, 0.5) is 60.5 Å². The Kier molecular flexibility index (Phi) is 18.5. The van der Waals surface area contributed by atoms with E-state index in [0.717, 1.165) is 99.0 Å². The minimum Gasteiger partial charge on any atom is -0.437 e. The highest BCUT2D eigenvalue weighted by Crippen LogP contribution is 2.44. The number of hydrogen-bond donors (Lipinski definition) is 0. The topological polar surface area (TPSA) is 130 Å². The third-order valence-electron chi connectivity index (χ3n) is 15.8. The van der Waals surface area contributed by atoms with Crippen molar-refractivity contribution in [3.63, 3.8) is 0 Å². The molecule has 6 saturated heterocycles. The molecule has 0 aromatic heterocycles. The minimum absolute atomic E-state index is 0.0551.